The number of carbonyl (C=O) groups is 1. The summed E-state index contributed by atoms with van der Waals surface area (Å²) in [7, 11) is 0. The molecule has 0 aliphatic heterocycles. The van der Waals surface area contributed by atoms with Crippen LogP contribution in [0.3, 0.4) is 0 Å². The Morgan fingerprint density at radius 3 is 2.61 bits per heavy atom. The Kier molecular flexibility index (Phi) is 4.91. The Hall–Kier alpha value is -3.07. The van der Waals surface area contributed by atoms with E-state index in [1.54, 1.807) is 0 Å². The summed E-state index contributed by atoms with van der Waals surface area (Å²) in [6.45, 7) is 2.72. The second-order valence-electron chi connectivity index (χ2n) is 5.96. The smallest absolute Gasteiger partial charge is 0.235 e. The van der Waals surface area contributed by atoms with Crippen LogP contribution in [0, 0.1) is 11.6 Å². The summed E-state index contributed by atoms with van der Waals surface area (Å²) in [5.41, 5.74) is 1.92. The molecule has 0 saturated heterocycles. The Morgan fingerprint density at radius 1 is 1.11 bits per heavy atom. The van der Waals surface area contributed by atoms with Crippen molar-refractivity contribution < 1.29 is 13.6 Å². The standard InChI is InChI=1S/C19H15F2N5OS/c1-2-26-14-9-4-3-6-11(14)16-18(26)23-19(25-24-16)28-10-15(27)22-17-12(20)7-5-8-13(17)21/h3-9H,2,10H2,1H3,(H,22,27). The van der Waals surface area contributed by atoms with Gasteiger partial charge in [-0.15, -0.1) is 10.2 Å². The molecule has 1 N–H and O–H groups in total. The lowest BCUT2D eigenvalue weighted by molar-refractivity contribution is -0.113. The molecule has 0 fully saturated rings. The van der Waals surface area contributed by atoms with Crippen molar-refractivity contribution in [3.8, 4) is 0 Å². The molecule has 0 radical (unpaired) electrons. The number of nitrogens with zero attached hydrogens (tertiary/aromatic N) is 4. The molecule has 28 heavy (non-hydrogen) atoms. The third kappa shape index (κ3) is 3.29. The topological polar surface area (TPSA) is 72.7 Å². The molecule has 0 spiro atoms. The van der Waals surface area contributed by atoms with Crippen LogP contribution in [-0.2, 0) is 11.3 Å². The molecule has 2 aromatic heterocycles. The summed E-state index contributed by atoms with van der Waals surface area (Å²) in [5, 5.41) is 11.9. The average Bonchev–Trinajstić information content (AvgIpc) is 3.02. The first kappa shape index (κ1) is 18.3. The quantitative estimate of drug-likeness (QED) is 0.514. The van der Waals surface area contributed by atoms with Gasteiger partial charge in [0.05, 0.1) is 11.3 Å². The second kappa shape index (κ2) is 7.51. The number of para-hydroxylation sites is 2. The summed E-state index contributed by atoms with van der Waals surface area (Å²) in [5.74, 6) is -2.32. The first-order valence-corrected chi connectivity index (χ1v) is 9.55. The van der Waals surface area contributed by atoms with E-state index in [9.17, 15) is 13.6 Å². The van der Waals surface area contributed by atoms with Crippen LogP contribution in [0.5, 0.6) is 0 Å². The second-order valence-corrected chi connectivity index (χ2v) is 6.90. The molecule has 4 aromatic rings. The van der Waals surface area contributed by atoms with Gasteiger partial charge in [0, 0.05) is 11.9 Å². The first-order chi connectivity index (χ1) is 13.6. The molecular weight excluding hydrogens is 384 g/mol. The van der Waals surface area contributed by atoms with E-state index in [0.29, 0.717) is 22.9 Å². The predicted molar refractivity (Wildman–Crippen MR) is 104 cm³/mol. The van der Waals surface area contributed by atoms with E-state index >= 15 is 0 Å². The number of aromatic nitrogens is 4. The maximum Gasteiger partial charge on any atom is 0.235 e. The number of halogens is 2. The molecule has 2 heterocycles. The van der Waals surface area contributed by atoms with Gasteiger partial charge in [-0.2, -0.15) is 0 Å². The largest absolute Gasteiger partial charge is 0.324 e. The number of nitrogens with one attached hydrogen (secondary N) is 1. The number of hydrogen-bond acceptors (Lipinski definition) is 5. The van der Waals surface area contributed by atoms with Crippen LogP contribution >= 0.6 is 11.8 Å². The molecule has 2 aromatic carbocycles. The minimum absolute atomic E-state index is 0.104. The molecule has 142 valence electrons. The number of rotatable bonds is 5. The Balaban J connectivity index is 1.55. The molecule has 4 rings (SSSR count). The fraction of sp³-hybridized carbons (Fsp3) is 0.158. The molecule has 6 nitrogen and oxygen atoms in total. The van der Waals surface area contributed by atoms with E-state index in [0.717, 1.165) is 34.8 Å². The number of hydrogen-bond donors (Lipinski definition) is 1. The van der Waals surface area contributed by atoms with Gasteiger partial charge in [0.2, 0.25) is 11.1 Å². The normalized spacial score (nSPS) is 11.2. The highest BCUT2D eigenvalue weighted by Gasteiger charge is 2.16. The van der Waals surface area contributed by atoms with Crippen LogP contribution in [0.15, 0.2) is 47.6 Å². The van der Waals surface area contributed by atoms with E-state index in [4.69, 9.17) is 0 Å². The summed E-state index contributed by atoms with van der Waals surface area (Å²) in [4.78, 5) is 16.6. The van der Waals surface area contributed by atoms with E-state index < -0.39 is 23.2 Å². The zero-order chi connectivity index (χ0) is 19.7. The van der Waals surface area contributed by atoms with E-state index in [1.807, 2.05) is 35.8 Å². The van der Waals surface area contributed by atoms with Crippen LogP contribution in [0.4, 0.5) is 14.5 Å². The van der Waals surface area contributed by atoms with Gasteiger partial charge in [0.15, 0.2) is 5.65 Å². The van der Waals surface area contributed by atoms with Crippen LogP contribution in [-0.4, -0.2) is 31.4 Å². The molecule has 0 atom stereocenters. The molecule has 0 aliphatic rings. The Labute approximate surface area is 163 Å². The molecule has 9 heteroatoms. The van der Waals surface area contributed by atoms with E-state index in [-0.39, 0.29) is 5.75 Å². The van der Waals surface area contributed by atoms with Crippen molar-refractivity contribution in [1.82, 2.24) is 19.7 Å². The van der Waals surface area contributed by atoms with Crippen molar-refractivity contribution in [3.05, 3.63) is 54.1 Å². The van der Waals surface area contributed by atoms with Crippen LogP contribution in [0.2, 0.25) is 0 Å². The number of fused-ring (bicyclic) bond motifs is 3. The summed E-state index contributed by atoms with van der Waals surface area (Å²) in [6.07, 6.45) is 0. The number of amides is 1. The molecule has 1 amide bonds. The molecule has 0 unspecified atom stereocenters. The molecule has 0 saturated carbocycles. The molecular formula is C19H15F2N5OS. The fourth-order valence-electron chi connectivity index (χ4n) is 2.99. The Morgan fingerprint density at radius 2 is 1.86 bits per heavy atom. The van der Waals surface area contributed by atoms with Gasteiger partial charge in [0.1, 0.15) is 22.8 Å². The lowest BCUT2D eigenvalue weighted by Gasteiger charge is -2.07. The molecule has 0 bridgehead atoms. The van der Waals surface area contributed by atoms with Crippen LogP contribution in [0.1, 0.15) is 6.92 Å². The third-order valence-electron chi connectivity index (χ3n) is 4.23. The van der Waals surface area contributed by atoms with E-state index in [1.165, 1.54) is 6.07 Å². The zero-order valence-electron chi connectivity index (χ0n) is 14.8. The van der Waals surface area contributed by atoms with Crippen molar-refractivity contribution >= 4 is 45.4 Å². The highest BCUT2D eigenvalue weighted by Crippen LogP contribution is 2.27. The summed E-state index contributed by atoms with van der Waals surface area (Å²) in [6, 6.07) is 11.2. The van der Waals surface area contributed by atoms with Crippen molar-refractivity contribution in [2.75, 3.05) is 11.1 Å². The SMILES string of the molecule is CCn1c2ccccc2c2nnc(SCC(=O)Nc3c(F)cccc3F)nc21. The average molecular weight is 399 g/mol. The number of carbonyl (C=O) groups excluding carboxylic acids is 1. The number of aryl methyl sites for hydroxylation is 1. The number of thioether (sulfide) groups is 1. The fourth-order valence-corrected chi connectivity index (χ4v) is 3.58. The number of anilines is 1. The highest BCUT2D eigenvalue weighted by molar-refractivity contribution is 7.99. The van der Waals surface area contributed by atoms with E-state index in [2.05, 4.69) is 20.5 Å². The van der Waals surface area contributed by atoms with Gasteiger partial charge >= 0.3 is 0 Å². The number of benzene rings is 2. The zero-order valence-corrected chi connectivity index (χ0v) is 15.6. The van der Waals surface area contributed by atoms with Gasteiger partial charge in [-0.1, -0.05) is 36.0 Å². The van der Waals surface area contributed by atoms with Gasteiger partial charge < -0.3 is 9.88 Å². The summed E-state index contributed by atoms with van der Waals surface area (Å²) < 4.78 is 29.3. The van der Waals surface area contributed by atoms with Gasteiger partial charge in [-0.05, 0) is 25.1 Å². The maximum absolute atomic E-state index is 13.6. The van der Waals surface area contributed by atoms with Crippen LogP contribution in [0.25, 0.3) is 22.1 Å². The monoisotopic (exact) mass is 399 g/mol. The van der Waals surface area contributed by atoms with Gasteiger partial charge in [0.25, 0.3) is 0 Å². The van der Waals surface area contributed by atoms with Gasteiger partial charge in [-0.25, -0.2) is 13.8 Å². The lowest BCUT2D eigenvalue weighted by Crippen LogP contribution is -2.16. The maximum atomic E-state index is 13.6. The Bertz CT molecular complexity index is 1170. The van der Waals surface area contributed by atoms with Crippen molar-refractivity contribution in [3.63, 3.8) is 0 Å². The highest BCUT2D eigenvalue weighted by atomic mass is 32.2. The minimum Gasteiger partial charge on any atom is -0.324 e. The van der Waals surface area contributed by atoms with Gasteiger partial charge in [-0.3, -0.25) is 4.79 Å². The van der Waals surface area contributed by atoms with Crippen molar-refractivity contribution in [1.29, 1.82) is 0 Å². The predicted octanol–water partition coefficient (Wildman–Crippen LogP) is 4.01. The minimum atomic E-state index is -0.829. The van der Waals surface area contributed by atoms with Crippen LogP contribution < -0.4 is 5.32 Å². The summed E-state index contributed by atoms with van der Waals surface area (Å²) >= 11 is 1.05. The van der Waals surface area contributed by atoms with Crippen molar-refractivity contribution in [2.45, 2.75) is 18.6 Å². The molecule has 0 aliphatic carbocycles. The lowest BCUT2D eigenvalue weighted by atomic mass is 10.2. The third-order valence-corrected chi connectivity index (χ3v) is 5.07. The van der Waals surface area contributed by atoms with Crippen molar-refractivity contribution in [2.24, 2.45) is 0 Å². The first-order valence-electron chi connectivity index (χ1n) is 8.56.